The van der Waals surface area contributed by atoms with Crippen LogP contribution in [0.3, 0.4) is 0 Å². The molecule has 6 heterocycles. The van der Waals surface area contributed by atoms with E-state index in [4.69, 9.17) is 34.2 Å². The summed E-state index contributed by atoms with van der Waals surface area (Å²) in [5.74, 6) is -12.1. The van der Waals surface area contributed by atoms with Crippen LogP contribution >= 0.6 is 11.3 Å². The third-order valence-electron chi connectivity index (χ3n) is 26.3. The Balaban J connectivity index is 0.734. The van der Waals surface area contributed by atoms with Crippen LogP contribution in [-0.4, -0.2) is 310 Å². The first kappa shape index (κ1) is 109. The molecule has 3 fully saturated rings. The van der Waals surface area contributed by atoms with E-state index >= 15 is 4.79 Å². The molecular formula is C96H134N16O26S. The van der Waals surface area contributed by atoms with Crippen LogP contribution in [0.25, 0.3) is 22.5 Å². The zero-order valence-electron chi connectivity index (χ0n) is 80.7. The maximum Gasteiger partial charge on any atom is 0.410 e. The largest absolute Gasteiger partial charge is 0.477 e. The van der Waals surface area contributed by atoms with Gasteiger partial charge in [-0.2, -0.15) is 0 Å². The number of nitrogens with zero attached hydrogens (tertiary/aromatic N) is 8. The van der Waals surface area contributed by atoms with Crippen molar-refractivity contribution >= 4 is 94.0 Å². The first-order chi connectivity index (χ1) is 66.0. The highest BCUT2D eigenvalue weighted by Gasteiger charge is 2.61. The van der Waals surface area contributed by atoms with Crippen LogP contribution in [0, 0.1) is 29.6 Å². The number of rotatable bonds is 45. The highest BCUT2D eigenvalue weighted by Crippen LogP contribution is 2.44. The molecular weight excluding hydrogens is 1830 g/mol. The molecule has 3 saturated heterocycles. The quantitative estimate of drug-likeness (QED) is 0.0244. The number of carboxylic acid groups (broad SMARTS) is 1. The first-order valence-corrected chi connectivity index (χ1v) is 47.6. The van der Waals surface area contributed by atoms with Gasteiger partial charge in [-0.3, -0.25) is 48.1 Å². The zero-order valence-corrected chi connectivity index (χ0v) is 81.5. The number of nitrogens with two attached hydrogens (primary N) is 1. The molecule has 21 atom stereocenters. The second-order valence-electron chi connectivity index (χ2n) is 37.0. The summed E-state index contributed by atoms with van der Waals surface area (Å²) in [4.78, 5) is 178. The lowest BCUT2D eigenvalue weighted by Gasteiger charge is -2.50. The van der Waals surface area contributed by atoms with Crippen molar-refractivity contribution in [2.45, 2.75) is 268 Å². The average Bonchev–Trinajstić information content (AvgIpc) is 1.65. The van der Waals surface area contributed by atoms with Crippen LogP contribution in [0.4, 0.5) is 21.0 Å². The lowest BCUT2D eigenvalue weighted by atomic mass is 9.78. The van der Waals surface area contributed by atoms with E-state index in [9.17, 15) is 93.6 Å². The molecule has 4 aliphatic heterocycles. The first-order valence-electron chi connectivity index (χ1n) is 46.7. The van der Waals surface area contributed by atoms with Crippen molar-refractivity contribution in [2.24, 2.45) is 35.3 Å². The lowest BCUT2D eigenvalue weighted by molar-refractivity contribution is -0.325. The number of likely N-dealkylation sites (N-methyl/N-ethyl adjacent to an activating group) is 2. The molecule has 0 radical (unpaired) electrons. The predicted molar refractivity (Wildman–Crippen MR) is 505 cm³/mol. The van der Waals surface area contributed by atoms with Gasteiger partial charge in [0.15, 0.2) is 6.29 Å². The average molecular weight is 1960 g/mol. The van der Waals surface area contributed by atoms with Gasteiger partial charge in [0.05, 0.1) is 86.5 Å². The predicted octanol–water partition coefficient (Wildman–Crippen LogP) is 3.14. The molecule has 12 amide bonds. The Morgan fingerprint density at radius 2 is 1.40 bits per heavy atom. The molecule has 0 bridgehead atoms. The molecule has 0 saturated carbocycles. The Kier molecular flexibility index (Phi) is 39.0. The fourth-order valence-corrected chi connectivity index (χ4v) is 19.1. The van der Waals surface area contributed by atoms with Crippen LogP contribution in [-0.2, 0) is 102 Å². The summed E-state index contributed by atoms with van der Waals surface area (Å²) in [6.07, 6.45) is -15.7. The van der Waals surface area contributed by atoms with Gasteiger partial charge in [-0.15, -0.1) is 16.4 Å². The van der Waals surface area contributed by atoms with Gasteiger partial charge in [0.2, 0.25) is 53.2 Å². The summed E-state index contributed by atoms with van der Waals surface area (Å²) in [5.41, 5.74) is 6.83. The van der Waals surface area contributed by atoms with Crippen LogP contribution in [0.2, 0.25) is 0 Å². The molecule has 10 rings (SSSR count). The smallest absolute Gasteiger partial charge is 0.410 e. The number of likely N-dealkylation sites (tertiary alicyclic amines) is 1. The molecule has 21 unspecified atom stereocenters. The van der Waals surface area contributed by atoms with Crippen molar-refractivity contribution in [1.82, 2.24) is 66.6 Å². The summed E-state index contributed by atoms with van der Waals surface area (Å²) in [7, 11) is 6.08. The van der Waals surface area contributed by atoms with Crippen molar-refractivity contribution in [1.29, 1.82) is 0 Å². The number of para-hydroxylation sites is 1. The highest BCUT2D eigenvalue weighted by atomic mass is 32.1. The summed E-state index contributed by atoms with van der Waals surface area (Å²) in [6, 6.07) is 22.4. The summed E-state index contributed by atoms with van der Waals surface area (Å²) in [5, 5.41) is 118. The molecule has 760 valence electrons. The number of primary amides is 1. The number of anilines is 2. The van der Waals surface area contributed by atoms with E-state index in [1.165, 1.54) is 47.2 Å². The zero-order chi connectivity index (χ0) is 102. The highest BCUT2D eigenvalue weighted by molar-refractivity contribution is 7.09. The minimum atomic E-state index is -2.77. The van der Waals surface area contributed by atoms with Crippen LogP contribution in [0.5, 0.6) is 0 Å². The minimum Gasteiger partial charge on any atom is -0.477 e. The van der Waals surface area contributed by atoms with Crippen molar-refractivity contribution in [3.05, 3.63) is 136 Å². The number of aliphatic hydroxyl groups is 7. The third-order valence-corrected chi connectivity index (χ3v) is 27.2. The van der Waals surface area contributed by atoms with E-state index in [0.717, 1.165) is 22.4 Å². The molecule has 2 aromatic heterocycles. The fourth-order valence-electron chi connectivity index (χ4n) is 18.4. The fraction of sp³-hybridized carbons (Fsp3) is 0.573. The van der Waals surface area contributed by atoms with Gasteiger partial charge in [0, 0.05) is 96.0 Å². The molecule has 6 aromatic rings. The summed E-state index contributed by atoms with van der Waals surface area (Å²) < 4.78 is 35.7. The molecule has 0 aliphatic carbocycles. The Bertz CT molecular complexity index is 5200. The van der Waals surface area contributed by atoms with Gasteiger partial charge >= 0.3 is 18.1 Å². The lowest BCUT2D eigenvalue weighted by Crippen LogP contribution is -2.74. The summed E-state index contributed by atoms with van der Waals surface area (Å²) in [6.45, 7) is 14.7. The Hall–Kier alpha value is -11.6. The number of carbonyl (C=O) groups excluding carboxylic acids is 11. The van der Waals surface area contributed by atoms with Gasteiger partial charge in [0.25, 0.3) is 5.79 Å². The number of thiazole rings is 1. The number of carbonyl (C=O) groups is 12. The topological polar surface area (TPSA) is 589 Å². The van der Waals surface area contributed by atoms with E-state index in [2.05, 4.69) is 52.5 Å². The molecule has 139 heavy (non-hydrogen) atoms. The second-order valence-corrected chi connectivity index (χ2v) is 38.0. The van der Waals surface area contributed by atoms with Crippen LogP contribution < -0.4 is 47.9 Å². The Morgan fingerprint density at radius 1 is 0.727 bits per heavy atom. The van der Waals surface area contributed by atoms with Gasteiger partial charge in [-0.05, 0) is 90.7 Å². The van der Waals surface area contributed by atoms with E-state index in [1.54, 1.807) is 139 Å². The normalized spacial score (nSPS) is 22.2. The number of carboxylic acids is 1. The maximum atomic E-state index is 15.0. The minimum absolute atomic E-state index is 0.0195. The number of benzene rings is 4. The van der Waals surface area contributed by atoms with Crippen molar-refractivity contribution in [3.63, 3.8) is 0 Å². The van der Waals surface area contributed by atoms with Gasteiger partial charge in [0.1, 0.15) is 83.6 Å². The van der Waals surface area contributed by atoms with Crippen LogP contribution in [0.1, 0.15) is 155 Å². The number of hydrogen-bond acceptors (Lipinski definition) is 29. The van der Waals surface area contributed by atoms with Gasteiger partial charge < -0.3 is 127 Å². The van der Waals surface area contributed by atoms with Gasteiger partial charge in [-0.1, -0.05) is 159 Å². The van der Waals surface area contributed by atoms with E-state index < -0.39 is 237 Å². The number of aromatic nitrogens is 4. The van der Waals surface area contributed by atoms with E-state index in [1.807, 2.05) is 49.6 Å². The number of amides is 12. The number of hydrogen-bond donors (Lipinski definition) is 16. The molecule has 4 aromatic carbocycles. The number of aliphatic hydroxyl groups excluding tert-OH is 7. The van der Waals surface area contributed by atoms with Crippen LogP contribution in [0.15, 0.2) is 115 Å². The number of ether oxygens (including phenoxy) is 6. The molecule has 0 spiro atoms. The Labute approximate surface area is 810 Å². The number of aliphatic carboxylic acids is 1. The SMILES string of the molecule is CCC(C)C(C(CC(=O)N1CCCC1C(OC)C(C)C(=O)NC(Cc1ccccc1)c1nccs1)OC)N(C)C(=O)C(NC(=O)C(C(C)C)N(C)C(=O)OCc1ccc(NC(=O)C(CCCNC(N)=O)NC(=O)C(NC(=O)CCC(=O)N2Cc3ccccc3-c3c(nnn3CC(O)C(O)C3(NC(C)=O)COC(OCC4OC(O)C(O)C(O)C4O)(C(=O)O)CC3O)-c3ccccc32)C(C)C)cc1)C(C)C. The molecule has 17 N–H and O–H groups in total. The maximum absolute atomic E-state index is 15.0. The van der Waals surface area contributed by atoms with Crippen molar-refractivity contribution in [2.75, 3.05) is 64.8 Å². The van der Waals surface area contributed by atoms with E-state index in [-0.39, 0.29) is 73.8 Å². The van der Waals surface area contributed by atoms with Crippen molar-refractivity contribution < 1.29 is 127 Å². The number of nitrogens with one attached hydrogen (secondary N) is 7. The van der Waals surface area contributed by atoms with Crippen molar-refractivity contribution in [3.8, 4) is 22.5 Å². The second kappa shape index (κ2) is 49.5. The monoisotopic (exact) mass is 1960 g/mol. The molecule has 4 aliphatic rings. The number of urea groups is 1. The van der Waals surface area contributed by atoms with E-state index in [0.29, 0.717) is 60.2 Å². The Morgan fingerprint density at radius 3 is 2.03 bits per heavy atom. The summed E-state index contributed by atoms with van der Waals surface area (Å²) >= 11 is 1.45. The number of methoxy groups -OCH3 is 2. The van der Waals surface area contributed by atoms with Gasteiger partial charge in [-0.25, -0.2) is 24.0 Å². The number of fused-ring (bicyclic) bond motifs is 5. The molecule has 42 nitrogen and oxygen atoms in total. The standard InChI is InChI=1S/C96H134N16O26S/c1-15-54(8)78(68(133-13)44-73(118)110-41-24-32-66(110)83(134-14)55(9)85(123)102-64(89-98-40-42-139-89)43-57-25-17-16-18-26-57)108(11)90(127)75(52(4)5)104-88(126)77(53(6)7)109(12)94(132)135-48-58-33-35-60(36-34-58)100-86(124)63(30-23-39-99-93(97)131)101-87(125)74(51(2)3)103-71(116)37-38-72(117)111-46-59-27-19-20-28-61(59)79-76(62-29-21-22-31-65(62)111)106-107-112(79)47-67(114)84(122)95(105-56(10)113)50-137-96(92(129)130,45-70(95)115)136-49-69-80(119)81(120)82(121)91(128)138-69/h16-22,25-29,31,33-36,40,42,51-55,63-64,66-70,74-75,77-78,80-84,91,114-115,119-122,128H,15,23-24,30,32,37-39,41,43-50H2,1-14H3,(H,100,124)(H,101,125)(H,102,123)(H,103,116)(H,104,126)(H,105,113)(H,129,130)(H3,97,99,131). The third kappa shape index (κ3) is 26.8. The molecule has 43 heteroatoms.